The zero-order chi connectivity index (χ0) is 13.8. The van der Waals surface area contributed by atoms with E-state index in [1.165, 1.54) is 6.20 Å². The lowest BCUT2D eigenvalue weighted by Crippen LogP contribution is -2.09. The third-order valence-electron chi connectivity index (χ3n) is 2.52. The molecule has 0 aliphatic rings. The van der Waals surface area contributed by atoms with Crippen molar-refractivity contribution >= 4 is 23.2 Å². The van der Waals surface area contributed by atoms with Crippen molar-refractivity contribution in [3.8, 4) is 11.5 Å². The van der Waals surface area contributed by atoms with Crippen LogP contribution < -0.4 is 0 Å². The van der Waals surface area contributed by atoms with E-state index in [9.17, 15) is 5.11 Å². The Labute approximate surface area is 120 Å². The number of aromatic nitrogens is 3. The third-order valence-corrected chi connectivity index (χ3v) is 3.01. The van der Waals surface area contributed by atoms with E-state index in [0.717, 1.165) is 6.42 Å². The average Bonchev–Trinajstić information content (AvgIpc) is 2.77. The number of hydrogen-bond acceptors (Lipinski definition) is 5. The first-order chi connectivity index (χ1) is 9.10. The quantitative estimate of drug-likeness (QED) is 0.918. The topological polar surface area (TPSA) is 72.0 Å². The van der Waals surface area contributed by atoms with Crippen molar-refractivity contribution in [3.63, 3.8) is 0 Å². The fraction of sp³-hybridized carbons (Fsp3) is 0.417. The Hall–Kier alpha value is -1.17. The van der Waals surface area contributed by atoms with Gasteiger partial charge in [-0.15, -0.1) is 0 Å². The molecule has 2 rings (SSSR count). The smallest absolute Gasteiger partial charge is 0.229 e. The fourth-order valence-corrected chi connectivity index (χ4v) is 2.11. The SMILES string of the molecule is CCCC(O)Cc1nc(-c2ncc(Cl)cc2Cl)no1. The highest BCUT2D eigenvalue weighted by molar-refractivity contribution is 6.35. The maximum Gasteiger partial charge on any atom is 0.229 e. The normalized spacial score (nSPS) is 12.6. The van der Waals surface area contributed by atoms with Crippen LogP contribution in [0.25, 0.3) is 11.5 Å². The van der Waals surface area contributed by atoms with Crippen molar-refractivity contribution in [3.05, 3.63) is 28.2 Å². The molecular weight excluding hydrogens is 289 g/mol. The van der Waals surface area contributed by atoms with Gasteiger partial charge >= 0.3 is 0 Å². The minimum Gasteiger partial charge on any atom is -0.393 e. The van der Waals surface area contributed by atoms with E-state index in [1.807, 2.05) is 6.92 Å². The maximum atomic E-state index is 9.69. The molecule has 7 heteroatoms. The Balaban J connectivity index is 2.16. The number of pyridine rings is 1. The summed E-state index contributed by atoms with van der Waals surface area (Å²) in [5.74, 6) is 0.657. The molecule has 19 heavy (non-hydrogen) atoms. The molecule has 0 spiro atoms. The predicted molar refractivity (Wildman–Crippen MR) is 72.2 cm³/mol. The summed E-state index contributed by atoms with van der Waals surface area (Å²) < 4.78 is 5.07. The number of halogens is 2. The van der Waals surface area contributed by atoms with Crippen LogP contribution in [-0.4, -0.2) is 26.3 Å². The minimum atomic E-state index is -0.480. The molecule has 1 N–H and O–H groups in total. The lowest BCUT2D eigenvalue weighted by atomic mass is 10.1. The first kappa shape index (κ1) is 14.2. The second-order valence-corrected chi connectivity index (χ2v) is 4.99. The number of aliphatic hydroxyl groups excluding tert-OH is 1. The number of nitrogens with zero attached hydrogens (tertiary/aromatic N) is 3. The van der Waals surface area contributed by atoms with E-state index >= 15 is 0 Å². The van der Waals surface area contributed by atoms with Crippen LogP contribution in [0.1, 0.15) is 25.7 Å². The first-order valence-corrected chi connectivity index (χ1v) is 6.67. The molecule has 0 bridgehead atoms. The molecule has 2 heterocycles. The number of rotatable bonds is 5. The summed E-state index contributed by atoms with van der Waals surface area (Å²) in [7, 11) is 0. The van der Waals surface area contributed by atoms with Gasteiger partial charge < -0.3 is 9.63 Å². The Morgan fingerprint density at radius 3 is 2.89 bits per heavy atom. The molecule has 0 saturated carbocycles. The maximum absolute atomic E-state index is 9.69. The summed E-state index contributed by atoms with van der Waals surface area (Å²) >= 11 is 11.8. The van der Waals surface area contributed by atoms with Crippen LogP contribution in [0.15, 0.2) is 16.8 Å². The number of hydrogen-bond donors (Lipinski definition) is 1. The van der Waals surface area contributed by atoms with Crippen molar-refractivity contribution < 1.29 is 9.63 Å². The van der Waals surface area contributed by atoms with Gasteiger partial charge in [0.1, 0.15) is 5.69 Å². The molecule has 2 aromatic heterocycles. The fourth-order valence-electron chi connectivity index (χ4n) is 1.65. The Morgan fingerprint density at radius 2 is 2.21 bits per heavy atom. The second-order valence-electron chi connectivity index (χ2n) is 4.14. The molecule has 0 aromatic carbocycles. The predicted octanol–water partition coefficient (Wildman–Crippen LogP) is 3.14. The highest BCUT2D eigenvalue weighted by Crippen LogP contribution is 2.25. The molecule has 0 aliphatic carbocycles. The first-order valence-electron chi connectivity index (χ1n) is 5.92. The van der Waals surface area contributed by atoms with Crippen LogP contribution in [0.5, 0.6) is 0 Å². The lowest BCUT2D eigenvalue weighted by molar-refractivity contribution is 0.152. The van der Waals surface area contributed by atoms with Crippen LogP contribution >= 0.6 is 23.2 Å². The molecule has 0 fully saturated rings. The summed E-state index contributed by atoms with van der Waals surface area (Å²) in [6.07, 6.45) is 2.90. The van der Waals surface area contributed by atoms with Crippen molar-refractivity contribution in [1.29, 1.82) is 0 Å². The van der Waals surface area contributed by atoms with Gasteiger partial charge in [0.2, 0.25) is 11.7 Å². The summed E-state index contributed by atoms with van der Waals surface area (Å²) in [4.78, 5) is 8.23. The standard InChI is InChI=1S/C12H13Cl2N3O2/c1-2-3-8(18)5-10-16-12(17-19-10)11-9(14)4-7(13)6-15-11/h4,6,8,18H,2-3,5H2,1H3. The van der Waals surface area contributed by atoms with Gasteiger partial charge in [0.25, 0.3) is 0 Å². The lowest BCUT2D eigenvalue weighted by Gasteiger charge is -2.03. The van der Waals surface area contributed by atoms with Gasteiger partial charge in [0.05, 0.1) is 22.6 Å². The molecule has 0 amide bonds. The monoisotopic (exact) mass is 301 g/mol. The molecule has 0 aliphatic heterocycles. The molecule has 0 saturated heterocycles. The van der Waals surface area contributed by atoms with Gasteiger partial charge in [0, 0.05) is 6.20 Å². The molecule has 1 unspecified atom stereocenters. The highest BCUT2D eigenvalue weighted by atomic mass is 35.5. The molecule has 5 nitrogen and oxygen atoms in total. The van der Waals surface area contributed by atoms with Crippen molar-refractivity contribution in [2.24, 2.45) is 0 Å². The summed E-state index contributed by atoms with van der Waals surface area (Å²) in [6.45, 7) is 2.00. The third kappa shape index (κ3) is 3.65. The Morgan fingerprint density at radius 1 is 1.42 bits per heavy atom. The summed E-state index contributed by atoms with van der Waals surface area (Å²) in [5, 5.41) is 14.3. The molecular formula is C12H13Cl2N3O2. The van der Waals surface area contributed by atoms with Crippen LogP contribution in [0, 0.1) is 0 Å². The van der Waals surface area contributed by atoms with Crippen molar-refractivity contribution in [1.82, 2.24) is 15.1 Å². The highest BCUT2D eigenvalue weighted by Gasteiger charge is 2.15. The van der Waals surface area contributed by atoms with E-state index < -0.39 is 6.10 Å². The van der Waals surface area contributed by atoms with Crippen molar-refractivity contribution in [2.75, 3.05) is 0 Å². The number of aliphatic hydroxyl groups is 1. The van der Waals surface area contributed by atoms with Gasteiger partial charge in [0.15, 0.2) is 0 Å². The van der Waals surface area contributed by atoms with Gasteiger partial charge in [-0.05, 0) is 12.5 Å². The molecule has 1 atom stereocenters. The van der Waals surface area contributed by atoms with E-state index in [4.69, 9.17) is 27.7 Å². The molecule has 102 valence electrons. The Kier molecular flexibility index (Phi) is 4.74. The Bertz CT molecular complexity index is 560. The molecule has 0 radical (unpaired) electrons. The van der Waals surface area contributed by atoms with E-state index in [-0.39, 0.29) is 0 Å². The van der Waals surface area contributed by atoms with E-state index in [2.05, 4.69) is 15.1 Å². The van der Waals surface area contributed by atoms with Gasteiger partial charge in [-0.1, -0.05) is 41.7 Å². The minimum absolute atomic E-state index is 0.292. The van der Waals surface area contributed by atoms with Gasteiger partial charge in [-0.3, -0.25) is 0 Å². The van der Waals surface area contributed by atoms with E-state index in [1.54, 1.807) is 6.07 Å². The van der Waals surface area contributed by atoms with Crippen LogP contribution in [0.4, 0.5) is 0 Å². The van der Waals surface area contributed by atoms with E-state index in [0.29, 0.717) is 40.3 Å². The zero-order valence-electron chi connectivity index (χ0n) is 10.3. The largest absolute Gasteiger partial charge is 0.393 e. The average molecular weight is 302 g/mol. The van der Waals surface area contributed by atoms with Gasteiger partial charge in [-0.25, -0.2) is 4.98 Å². The zero-order valence-corrected chi connectivity index (χ0v) is 11.8. The summed E-state index contributed by atoms with van der Waals surface area (Å²) in [5.41, 5.74) is 0.408. The van der Waals surface area contributed by atoms with Crippen LogP contribution in [-0.2, 0) is 6.42 Å². The van der Waals surface area contributed by atoms with Crippen LogP contribution in [0.3, 0.4) is 0 Å². The summed E-state index contributed by atoms with van der Waals surface area (Å²) in [6, 6.07) is 1.56. The van der Waals surface area contributed by atoms with Crippen molar-refractivity contribution in [2.45, 2.75) is 32.3 Å². The molecule has 2 aromatic rings. The second kappa shape index (κ2) is 6.32. The van der Waals surface area contributed by atoms with Crippen LogP contribution in [0.2, 0.25) is 10.0 Å². The van der Waals surface area contributed by atoms with Gasteiger partial charge in [-0.2, -0.15) is 4.98 Å².